The lowest BCUT2D eigenvalue weighted by Gasteiger charge is -2.34. The van der Waals surface area contributed by atoms with Gasteiger partial charge < -0.3 is 10.2 Å². The highest BCUT2D eigenvalue weighted by Crippen LogP contribution is 2.21. The standard InChI is InChI=1S/C17H24N6O/c1-13-5-4-6-14(20-13)10-22-11-15-7-8-19-23(15)16(12-22)9-18-17(24)21(2)3/h4-8,16H,9-12H2,1-3H3,(H,18,24)/t16-/m0/s1. The van der Waals surface area contributed by atoms with Crippen LogP contribution in [0.5, 0.6) is 0 Å². The Bertz CT molecular complexity index is 711. The van der Waals surface area contributed by atoms with Crippen LogP contribution in [0.2, 0.25) is 0 Å². The summed E-state index contributed by atoms with van der Waals surface area (Å²) in [6, 6.07) is 8.19. The van der Waals surface area contributed by atoms with Crippen LogP contribution in [0.15, 0.2) is 30.5 Å². The molecule has 3 heterocycles. The lowest BCUT2D eigenvalue weighted by Crippen LogP contribution is -2.44. The van der Waals surface area contributed by atoms with Crippen LogP contribution >= 0.6 is 0 Å². The minimum Gasteiger partial charge on any atom is -0.336 e. The molecule has 2 aromatic heterocycles. The molecule has 1 aliphatic heterocycles. The van der Waals surface area contributed by atoms with Crippen molar-refractivity contribution < 1.29 is 4.79 Å². The van der Waals surface area contributed by atoms with Crippen molar-refractivity contribution in [2.45, 2.75) is 26.1 Å². The van der Waals surface area contributed by atoms with Gasteiger partial charge in [-0.25, -0.2) is 4.79 Å². The number of carbonyl (C=O) groups excluding carboxylic acids is 1. The van der Waals surface area contributed by atoms with Crippen LogP contribution in [0, 0.1) is 6.92 Å². The third kappa shape index (κ3) is 3.73. The fraction of sp³-hybridized carbons (Fsp3) is 0.471. The molecule has 1 N–H and O–H groups in total. The van der Waals surface area contributed by atoms with Crippen LogP contribution in [0.25, 0.3) is 0 Å². The largest absolute Gasteiger partial charge is 0.336 e. The van der Waals surface area contributed by atoms with Crippen molar-refractivity contribution in [2.75, 3.05) is 27.2 Å². The normalized spacial score (nSPS) is 17.4. The Morgan fingerprint density at radius 3 is 2.96 bits per heavy atom. The molecule has 0 fully saturated rings. The molecule has 0 aliphatic carbocycles. The van der Waals surface area contributed by atoms with Gasteiger partial charge in [0.1, 0.15) is 0 Å². The third-order valence-corrected chi connectivity index (χ3v) is 4.18. The molecular weight excluding hydrogens is 304 g/mol. The molecule has 3 rings (SSSR count). The van der Waals surface area contributed by atoms with Gasteiger partial charge in [0, 0.05) is 52.2 Å². The summed E-state index contributed by atoms with van der Waals surface area (Å²) in [4.78, 5) is 20.3. The van der Waals surface area contributed by atoms with Crippen molar-refractivity contribution in [2.24, 2.45) is 0 Å². The second kappa shape index (κ2) is 7.00. The molecule has 0 saturated heterocycles. The molecular formula is C17H24N6O. The van der Waals surface area contributed by atoms with Crippen molar-refractivity contribution in [3.8, 4) is 0 Å². The molecule has 0 bridgehead atoms. The van der Waals surface area contributed by atoms with Crippen molar-refractivity contribution in [3.05, 3.63) is 47.5 Å². The molecule has 2 amide bonds. The molecule has 0 saturated carbocycles. The van der Waals surface area contributed by atoms with Crippen LogP contribution in [0.1, 0.15) is 23.1 Å². The predicted molar refractivity (Wildman–Crippen MR) is 91.4 cm³/mol. The van der Waals surface area contributed by atoms with Crippen molar-refractivity contribution in [1.82, 2.24) is 29.9 Å². The van der Waals surface area contributed by atoms with E-state index in [2.05, 4.69) is 26.4 Å². The first-order chi connectivity index (χ1) is 11.5. The molecule has 0 aromatic carbocycles. The van der Waals surface area contributed by atoms with E-state index in [4.69, 9.17) is 0 Å². The first kappa shape index (κ1) is 16.4. The van der Waals surface area contributed by atoms with Crippen LogP contribution in [0.4, 0.5) is 4.79 Å². The number of nitrogens with one attached hydrogen (secondary N) is 1. The van der Waals surface area contributed by atoms with E-state index in [1.807, 2.05) is 36.0 Å². The number of fused-ring (bicyclic) bond motifs is 1. The van der Waals surface area contributed by atoms with Gasteiger partial charge in [-0.2, -0.15) is 5.10 Å². The molecule has 0 spiro atoms. The van der Waals surface area contributed by atoms with Crippen molar-refractivity contribution in [3.63, 3.8) is 0 Å². The summed E-state index contributed by atoms with van der Waals surface area (Å²) in [5, 5.41) is 7.39. The predicted octanol–water partition coefficient (Wildman–Crippen LogP) is 1.41. The highest BCUT2D eigenvalue weighted by atomic mass is 16.2. The number of hydrogen-bond acceptors (Lipinski definition) is 4. The minimum absolute atomic E-state index is 0.0822. The molecule has 1 aliphatic rings. The first-order valence-electron chi connectivity index (χ1n) is 8.15. The average molecular weight is 328 g/mol. The maximum atomic E-state index is 11.8. The Morgan fingerprint density at radius 2 is 2.21 bits per heavy atom. The van der Waals surface area contributed by atoms with Gasteiger partial charge in [-0.05, 0) is 25.1 Å². The smallest absolute Gasteiger partial charge is 0.316 e. The molecule has 0 unspecified atom stereocenters. The van der Waals surface area contributed by atoms with Gasteiger partial charge in [0.2, 0.25) is 0 Å². The van der Waals surface area contributed by atoms with Crippen LogP contribution in [0.3, 0.4) is 0 Å². The Morgan fingerprint density at radius 1 is 1.38 bits per heavy atom. The monoisotopic (exact) mass is 328 g/mol. The topological polar surface area (TPSA) is 66.3 Å². The minimum atomic E-state index is -0.0822. The molecule has 1 atom stereocenters. The summed E-state index contributed by atoms with van der Waals surface area (Å²) in [6.07, 6.45) is 1.82. The van der Waals surface area contributed by atoms with Gasteiger partial charge in [-0.15, -0.1) is 0 Å². The highest BCUT2D eigenvalue weighted by molar-refractivity contribution is 5.73. The lowest BCUT2D eigenvalue weighted by atomic mass is 10.1. The second-order valence-corrected chi connectivity index (χ2v) is 6.44. The highest BCUT2D eigenvalue weighted by Gasteiger charge is 2.26. The van der Waals surface area contributed by atoms with Gasteiger partial charge in [0.15, 0.2) is 0 Å². The summed E-state index contributed by atoms with van der Waals surface area (Å²) in [5.74, 6) is 0. The van der Waals surface area contributed by atoms with E-state index in [0.29, 0.717) is 6.54 Å². The number of carbonyl (C=O) groups is 1. The number of amides is 2. The van der Waals surface area contributed by atoms with E-state index in [1.54, 1.807) is 19.0 Å². The van der Waals surface area contributed by atoms with Gasteiger partial charge in [0.25, 0.3) is 0 Å². The average Bonchev–Trinajstić information content (AvgIpc) is 3.00. The van der Waals surface area contributed by atoms with Crippen molar-refractivity contribution >= 4 is 6.03 Å². The number of urea groups is 1. The van der Waals surface area contributed by atoms with Gasteiger partial charge in [-0.1, -0.05) is 6.07 Å². The zero-order chi connectivity index (χ0) is 17.1. The Balaban J connectivity index is 1.70. The van der Waals surface area contributed by atoms with E-state index in [-0.39, 0.29) is 12.1 Å². The number of nitrogens with zero attached hydrogens (tertiary/aromatic N) is 5. The molecule has 0 radical (unpaired) electrons. The van der Waals surface area contributed by atoms with E-state index in [0.717, 1.165) is 36.7 Å². The van der Waals surface area contributed by atoms with E-state index >= 15 is 0 Å². The van der Waals surface area contributed by atoms with Crippen LogP contribution < -0.4 is 5.32 Å². The second-order valence-electron chi connectivity index (χ2n) is 6.44. The Labute approximate surface area is 142 Å². The fourth-order valence-electron chi connectivity index (χ4n) is 3.02. The molecule has 7 heteroatoms. The summed E-state index contributed by atoms with van der Waals surface area (Å²) < 4.78 is 2.02. The van der Waals surface area contributed by atoms with E-state index in [9.17, 15) is 4.79 Å². The molecule has 24 heavy (non-hydrogen) atoms. The first-order valence-corrected chi connectivity index (χ1v) is 8.15. The summed E-state index contributed by atoms with van der Waals surface area (Å²) in [5.41, 5.74) is 3.27. The number of hydrogen-bond donors (Lipinski definition) is 1. The Kier molecular flexibility index (Phi) is 4.80. The van der Waals surface area contributed by atoms with E-state index in [1.165, 1.54) is 0 Å². The van der Waals surface area contributed by atoms with Gasteiger partial charge >= 0.3 is 6.03 Å². The molecule has 7 nitrogen and oxygen atoms in total. The zero-order valence-electron chi connectivity index (χ0n) is 14.4. The summed E-state index contributed by atoms with van der Waals surface area (Å²) in [7, 11) is 3.48. The third-order valence-electron chi connectivity index (χ3n) is 4.18. The SMILES string of the molecule is Cc1cccc(CN2Cc3ccnn3[C@@H](CNC(=O)N(C)C)C2)n1. The molecule has 128 valence electrons. The Hall–Kier alpha value is -2.41. The number of aryl methyl sites for hydroxylation is 1. The summed E-state index contributed by atoms with van der Waals surface area (Å²) >= 11 is 0. The molecule has 2 aromatic rings. The quantitative estimate of drug-likeness (QED) is 0.922. The number of rotatable bonds is 4. The maximum Gasteiger partial charge on any atom is 0.316 e. The van der Waals surface area contributed by atoms with Crippen LogP contribution in [-0.4, -0.2) is 57.8 Å². The van der Waals surface area contributed by atoms with Crippen molar-refractivity contribution in [1.29, 1.82) is 0 Å². The van der Waals surface area contributed by atoms with Crippen LogP contribution in [-0.2, 0) is 13.1 Å². The zero-order valence-corrected chi connectivity index (χ0v) is 14.4. The van der Waals surface area contributed by atoms with Gasteiger partial charge in [0.05, 0.1) is 17.4 Å². The number of pyridine rings is 1. The number of aromatic nitrogens is 3. The van der Waals surface area contributed by atoms with E-state index < -0.39 is 0 Å². The summed E-state index contributed by atoms with van der Waals surface area (Å²) in [6.45, 7) is 5.04. The lowest BCUT2D eigenvalue weighted by molar-refractivity contribution is 0.160. The maximum absolute atomic E-state index is 11.8. The fourth-order valence-corrected chi connectivity index (χ4v) is 3.02. The van der Waals surface area contributed by atoms with Gasteiger partial charge in [-0.3, -0.25) is 14.6 Å².